The average molecular weight is 346 g/mol. The minimum absolute atomic E-state index is 0.0967. The number of aromatic nitrogens is 1. The van der Waals surface area contributed by atoms with Crippen molar-refractivity contribution >= 4 is 20.9 Å². The first-order chi connectivity index (χ1) is 11.5. The van der Waals surface area contributed by atoms with Gasteiger partial charge in [-0.2, -0.15) is 0 Å². The molecule has 0 saturated carbocycles. The molecule has 0 amide bonds. The molecule has 0 aliphatic rings. The molecule has 0 spiro atoms. The number of aliphatic hydroxyl groups is 1. The van der Waals surface area contributed by atoms with Crippen LogP contribution in [0.5, 0.6) is 0 Å². The molecular weight excluding hydrogens is 331 g/mol. The van der Waals surface area contributed by atoms with Crippen molar-refractivity contribution in [3.8, 4) is 0 Å². The Kier molecular flexibility index (Phi) is 4.57. The lowest BCUT2D eigenvalue weighted by atomic mass is 10.1. The standard InChI is InChI=1S/C17H15FN2O3S/c18-13-8-6-12(7-9-13)16(21)11-20-24(22,23)17-5-1-4-15-14(17)3-2-10-19-15/h1-10,16,20-21H,11H2. The number of pyridine rings is 1. The molecule has 0 saturated heterocycles. The van der Waals surface area contributed by atoms with Crippen molar-refractivity contribution in [1.29, 1.82) is 0 Å². The smallest absolute Gasteiger partial charge is 0.241 e. The van der Waals surface area contributed by atoms with Gasteiger partial charge in [-0.25, -0.2) is 17.5 Å². The number of nitrogens with zero attached hydrogens (tertiary/aromatic N) is 1. The summed E-state index contributed by atoms with van der Waals surface area (Å²) in [4.78, 5) is 4.23. The number of sulfonamides is 1. The van der Waals surface area contributed by atoms with Crippen molar-refractivity contribution in [2.45, 2.75) is 11.0 Å². The molecule has 1 atom stereocenters. The van der Waals surface area contributed by atoms with E-state index < -0.39 is 21.9 Å². The largest absolute Gasteiger partial charge is 0.387 e. The maximum Gasteiger partial charge on any atom is 0.241 e. The van der Waals surface area contributed by atoms with Gasteiger partial charge in [0.1, 0.15) is 5.82 Å². The molecule has 3 aromatic rings. The van der Waals surface area contributed by atoms with Crippen molar-refractivity contribution < 1.29 is 17.9 Å². The van der Waals surface area contributed by atoms with E-state index in [1.165, 1.54) is 30.3 Å². The van der Waals surface area contributed by atoms with Gasteiger partial charge in [-0.1, -0.05) is 18.2 Å². The Bertz CT molecular complexity index is 954. The highest BCUT2D eigenvalue weighted by Gasteiger charge is 2.19. The summed E-state index contributed by atoms with van der Waals surface area (Å²) in [5.41, 5.74) is 0.998. The fraction of sp³-hybridized carbons (Fsp3) is 0.118. The van der Waals surface area contributed by atoms with Crippen LogP contribution in [0, 0.1) is 5.82 Å². The Balaban J connectivity index is 1.82. The van der Waals surface area contributed by atoms with E-state index in [0.717, 1.165) is 0 Å². The van der Waals surface area contributed by atoms with Crippen LogP contribution in [0.4, 0.5) is 4.39 Å². The van der Waals surface area contributed by atoms with E-state index in [0.29, 0.717) is 16.5 Å². The first-order valence-corrected chi connectivity index (χ1v) is 8.72. The third-order valence-electron chi connectivity index (χ3n) is 3.62. The zero-order valence-electron chi connectivity index (χ0n) is 12.6. The number of benzene rings is 2. The highest BCUT2D eigenvalue weighted by Crippen LogP contribution is 2.21. The highest BCUT2D eigenvalue weighted by molar-refractivity contribution is 7.89. The molecular formula is C17H15FN2O3S. The minimum Gasteiger partial charge on any atom is -0.387 e. The predicted molar refractivity (Wildman–Crippen MR) is 88.3 cm³/mol. The quantitative estimate of drug-likeness (QED) is 0.743. The molecule has 0 aliphatic carbocycles. The summed E-state index contributed by atoms with van der Waals surface area (Å²) < 4.78 is 40.3. The molecule has 2 N–H and O–H groups in total. The number of hydrogen-bond acceptors (Lipinski definition) is 4. The summed E-state index contributed by atoms with van der Waals surface area (Å²) in [6.45, 7) is -0.218. The van der Waals surface area contributed by atoms with E-state index in [-0.39, 0.29) is 11.4 Å². The Labute approximate surface area is 138 Å². The van der Waals surface area contributed by atoms with Crippen molar-refractivity contribution in [1.82, 2.24) is 9.71 Å². The molecule has 0 aliphatic heterocycles. The van der Waals surface area contributed by atoms with Crippen LogP contribution in [0.1, 0.15) is 11.7 Å². The lowest BCUT2D eigenvalue weighted by Crippen LogP contribution is -2.28. The van der Waals surface area contributed by atoms with Gasteiger partial charge in [0.15, 0.2) is 0 Å². The summed E-state index contributed by atoms with van der Waals surface area (Å²) in [6, 6.07) is 13.4. The van der Waals surface area contributed by atoms with E-state index in [1.54, 1.807) is 30.5 Å². The SMILES string of the molecule is O=S(=O)(NCC(O)c1ccc(F)cc1)c1cccc2ncccc12. The maximum atomic E-state index is 12.9. The second-order valence-corrected chi connectivity index (χ2v) is 6.98. The summed E-state index contributed by atoms with van der Waals surface area (Å²) >= 11 is 0. The number of hydrogen-bond donors (Lipinski definition) is 2. The summed E-state index contributed by atoms with van der Waals surface area (Å²) in [5.74, 6) is -0.421. The van der Waals surface area contributed by atoms with E-state index >= 15 is 0 Å². The molecule has 1 aromatic heterocycles. The Morgan fingerprint density at radius 2 is 1.83 bits per heavy atom. The summed E-state index contributed by atoms with van der Waals surface area (Å²) in [6.07, 6.45) is 0.512. The second-order valence-electron chi connectivity index (χ2n) is 5.25. The minimum atomic E-state index is -3.82. The summed E-state index contributed by atoms with van der Waals surface area (Å²) in [5, 5.41) is 10.6. The first kappa shape index (κ1) is 16.5. The van der Waals surface area contributed by atoms with Crippen LogP contribution in [-0.2, 0) is 10.0 Å². The van der Waals surface area contributed by atoms with Crippen molar-refractivity contribution in [3.05, 3.63) is 72.2 Å². The third-order valence-corrected chi connectivity index (χ3v) is 5.10. The zero-order valence-corrected chi connectivity index (χ0v) is 13.4. The van der Waals surface area contributed by atoms with Crippen molar-refractivity contribution in [3.63, 3.8) is 0 Å². The molecule has 24 heavy (non-hydrogen) atoms. The van der Waals surface area contributed by atoms with Gasteiger partial charge in [-0.05, 0) is 42.0 Å². The Hall–Kier alpha value is -2.35. The van der Waals surface area contributed by atoms with Gasteiger partial charge in [0.05, 0.1) is 16.5 Å². The number of rotatable bonds is 5. The molecule has 1 unspecified atom stereocenters. The number of halogens is 1. The van der Waals surface area contributed by atoms with Gasteiger partial charge in [0.2, 0.25) is 10.0 Å². The predicted octanol–water partition coefficient (Wildman–Crippen LogP) is 2.39. The molecule has 0 bridgehead atoms. The number of nitrogens with one attached hydrogen (secondary N) is 1. The van der Waals surface area contributed by atoms with Gasteiger partial charge in [-0.3, -0.25) is 4.98 Å². The van der Waals surface area contributed by atoms with Gasteiger partial charge in [-0.15, -0.1) is 0 Å². The van der Waals surface area contributed by atoms with E-state index in [1.807, 2.05) is 0 Å². The van der Waals surface area contributed by atoms with Crippen LogP contribution in [0.2, 0.25) is 0 Å². The average Bonchev–Trinajstić information content (AvgIpc) is 2.60. The fourth-order valence-electron chi connectivity index (χ4n) is 2.38. The molecule has 3 rings (SSSR count). The van der Waals surface area contributed by atoms with E-state index in [9.17, 15) is 17.9 Å². The van der Waals surface area contributed by atoms with Crippen molar-refractivity contribution in [2.24, 2.45) is 0 Å². The lowest BCUT2D eigenvalue weighted by molar-refractivity contribution is 0.182. The number of fused-ring (bicyclic) bond motifs is 1. The fourth-order valence-corrected chi connectivity index (χ4v) is 3.63. The van der Waals surface area contributed by atoms with E-state index in [2.05, 4.69) is 9.71 Å². The van der Waals surface area contributed by atoms with Gasteiger partial charge < -0.3 is 5.11 Å². The van der Waals surface area contributed by atoms with Gasteiger partial charge in [0, 0.05) is 18.1 Å². The Morgan fingerprint density at radius 3 is 2.58 bits per heavy atom. The zero-order chi connectivity index (χ0) is 17.2. The van der Waals surface area contributed by atoms with Crippen LogP contribution in [-0.4, -0.2) is 25.1 Å². The number of aliphatic hydroxyl groups excluding tert-OH is 1. The maximum absolute atomic E-state index is 12.9. The van der Waals surface area contributed by atoms with Gasteiger partial charge in [0.25, 0.3) is 0 Å². The lowest BCUT2D eigenvalue weighted by Gasteiger charge is -2.13. The molecule has 5 nitrogen and oxygen atoms in total. The van der Waals surface area contributed by atoms with Crippen LogP contribution in [0.15, 0.2) is 65.7 Å². The van der Waals surface area contributed by atoms with E-state index in [4.69, 9.17) is 0 Å². The first-order valence-electron chi connectivity index (χ1n) is 7.24. The molecule has 2 aromatic carbocycles. The second kappa shape index (κ2) is 6.64. The molecule has 0 radical (unpaired) electrons. The van der Waals surface area contributed by atoms with Crippen LogP contribution in [0.3, 0.4) is 0 Å². The molecule has 7 heteroatoms. The van der Waals surface area contributed by atoms with Crippen molar-refractivity contribution in [2.75, 3.05) is 6.54 Å². The normalized spacial score (nSPS) is 13.1. The summed E-state index contributed by atoms with van der Waals surface area (Å²) in [7, 11) is -3.82. The molecule has 1 heterocycles. The van der Waals surface area contributed by atoms with Crippen LogP contribution < -0.4 is 4.72 Å². The van der Waals surface area contributed by atoms with Gasteiger partial charge >= 0.3 is 0 Å². The topological polar surface area (TPSA) is 79.3 Å². The molecule has 124 valence electrons. The highest BCUT2D eigenvalue weighted by atomic mass is 32.2. The Morgan fingerprint density at radius 1 is 1.08 bits per heavy atom. The van der Waals surface area contributed by atoms with Crippen LogP contribution in [0.25, 0.3) is 10.9 Å². The molecule has 0 fully saturated rings. The monoisotopic (exact) mass is 346 g/mol. The van der Waals surface area contributed by atoms with Crippen LogP contribution >= 0.6 is 0 Å². The third kappa shape index (κ3) is 3.43.